The van der Waals surface area contributed by atoms with E-state index in [1.54, 1.807) is 0 Å². The first-order chi connectivity index (χ1) is 9.72. The van der Waals surface area contributed by atoms with Crippen molar-refractivity contribution in [2.75, 3.05) is 19.6 Å². The zero-order valence-corrected chi connectivity index (χ0v) is 13.3. The van der Waals surface area contributed by atoms with Crippen LogP contribution in [-0.2, 0) is 13.1 Å². The maximum absolute atomic E-state index is 4.37. The zero-order chi connectivity index (χ0) is 14.4. The van der Waals surface area contributed by atoms with Crippen molar-refractivity contribution in [1.29, 1.82) is 0 Å². The normalized spacial score (nSPS) is 22.1. The van der Waals surface area contributed by atoms with Crippen LogP contribution in [0.15, 0.2) is 12.4 Å². The summed E-state index contributed by atoms with van der Waals surface area (Å²) in [7, 11) is 0. The van der Waals surface area contributed by atoms with Crippen LogP contribution in [0, 0.1) is 5.92 Å². The molecule has 1 aromatic rings. The van der Waals surface area contributed by atoms with E-state index in [0.717, 1.165) is 25.6 Å². The van der Waals surface area contributed by atoms with Gasteiger partial charge in [-0.25, -0.2) is 0 Å². The van der Waals surface area contributed by atoms with Crippen molar-refractivity contribution < 1.29 is 0 Å². The molecule has 2 rings (SSSR count). The second-order valence-electron chi connectivity index (χ2n) is 6.08. The van der Waals surface area contributed by atoms with Crippen molar-refractivity contribution in [1.82, 2.24) is 20.0 Å². The highest BCUT2D eigenvalue weighted by atomic mass is 15.3. The summed E-state index contributed by atoms with van der Waals surface area (Å²) in [5.74, 6) is 0.788. The predicted molar refractivity (Wildman–Crippen MR) is 83.7 cm³/mol. The van der Waals surface area contributed by atoms with E-state index < -0.39 is 0 Å². The SMILES string of the molecule is CCCNC(C)C1CCCN(Cc2cnn(CC)c2)C1. The van der Waals surface area contributed by atoms with Gasteiger partial charge in [-0.15, -0.1) is 0 Å². The number of aromatic nitrogens is 2. The average Bonchev–Trinajstić information content (AvgIpc) is 2.92. The molecule has 0 bridgehead atoms. The Hall–Kier alpha value is -0.870. The van der Waals surface area contributed by atoms with Gasteiger partial charge in [0.1, 0.15) is 0 Å². The molecular formula is C16H30N4. The number of hydrogen-bond acceptors (Lipinski definition) is 3. The molecule has 0 aromatic carbocycles. The molecule has 20 heavy (non-hydrogen) atoms. The zero-order valence-electron chi connectivity index (χ0n) is 13.3. The van der Waals surface area contributed by atoms with Crippen LogP contribution in [0.2, 0.25) is 0 Å². The van der Waals surface area contributed by atoms with Crippen LogP contribution in [-0.4, -0.2) is 40.4 Å². The quantitative estimate of drug-likeness (QED) is 0.832. The lowest BCUT2D eigenvalue weighted by molar-refractivity contribution is 0.144. The standard InChI is InChI=1S/C16H30N4/c1-4-8-17-14(3)16-7-6-9-19(13-16)11-15-10-18-20(5-2)12-15/h10,12,14,16-17H,4-9,11,13H2,1-3H3. The molecule has 1 N–H and O–H groups in total. The maximum atomic E-state index is 4.37. The number of hydrogen-bond donors (Lipinski definition) is 1. The van der Waals surface area contributed by atoms with E-state index in [1.165, 1.54) is 37.9 Å². The summed E-state index contributed by atoms with van der Waals surface area (Å²) in [5, 5.41) is 8.03. The average molecular weight is 278 g/mol. The van der Waals surface area contributed by atoms with Crippen LogP contribution >= 0.6 is 0 Å². The highest BCUT2D eigenvalue weighted by molar-refractivity contribution is 5.04. The van der Waals surface area contributed by atoms with Crippen molar-refractivity contribution in [3.05, 3.63) is 18.0 Å². The van der Waals surface area contributed by atoms with E-state index >= 15 is 0 Å². The number of likely N-dealkylation sites (tertiary alicyclic amines) is 1. The molecule has 1 aliphatic heterocycles. The highest BCUT2D eigenvalue weighted by Crippen LogP contribution is 2.21. The van der Waals surface area contributed by atoms with Gasteiger partial charge in [0.05, 0.1) is 6.20 Å². The molecule has 1 saturated heterocycles. The molecule has 0 aliphatic carbocycles. The lowest BCUT2D eigenvalue weighted by atomic mass is 9.91. The second-order valence-corrected chi connectivity index (χ2v) is 6.08. The third kappa shape index (κ3) is 4.32. The Morgan fingerprint density at radius 1 is 1.45 bits per heavy atom. The molecule has 2 atom stereocenters. The fourth-order valence-corrected chi connectivity index (χ4v) is 3.10. The molecule has 1 aromatic heterocycles. The Bertz CT molecular complexity index is 388. The predicted octanol–water partition coefficient (Wildman–Crippen LogP) is 2.50. The molecule has 2 heterocycles. The smallest absolute Gasteiger partial charge is 0.0534 e. The minimum atomic E-state index is 0.635. The van der Waals surface area contributed by atoms with E-state index in [1.807, 2.05) is 10.9 Å². The first-order valence-electron chi connectivity index (χ1n) is 8.20. The Morgan fingerprint density at radius 2 is 2.30 bits per heavy atom. The lowest BCUT2D eigenvalue weighted by Crippen LogP contribution is -2.44. The molecule has 1 aliphatic rings. The van der Waals surface area contributed by atoms with Crippen LogP contribution in [0.1, 0.15) is 45.6 Å². The number of rotatable bonds is 7. The largest absolute Gasteiger partial charge is 0.314 e. The van der Waals surface area contributed by atoms with E-state index in [0.29, 0.717) is 6.04 Å². The summed E-state index contributed by atoms with van der Waals surface area (Å²) in [5.41, 5.74) is 1.35. The van der Waals surface area contributed by atoms with Gasteiger partial charge in [0, 0.05) is 37.4 Å². The van der Waals surface area contributed by atoms with Crippen molar-refractivity contribution in [2.24, 2.45) is 5.92 Å². The summed E-state index contributed by atoms with van der Waals surface area (Å²) < 4.78 is 2.02. The Kier molecular flexibility index (Phi) is 6.05. The number of piperidine rings is 1. The third-order valence-corrected chi connectivity index (χ3v) is 4.38. The first-order valence-corrected chi connectivity index (χ1v) is 8.20. The fourth-order valence-electron chi connectivity index (χ4n) is 3.10. The molecule has 2 unspecified atom stereocenters. The van der Waals surface area contributed by atoms with E-state index in [-0.39, 0.29) is 0 Å². The first kappa shape index (κ1) is 15.5. The molecule has 4 nitrogen and oxygen atoms in total. The Labute approximate surface area is 123 Å². The lowest BCUT2D eigenvalue weighted by Gasteiger charge is -2.36. The number of nitrogens with zero attached hydrogens (tertiary/aromatic N) is 3. The Balaban J connectivity index is 1.83. The van der Waals surface area contributed by atoms with Gasteiger partial charge in [0.15, 0.2) is 0 Å². The number of aryl methyl sites for hydroxylation is 1. The number of nitrogens with one attached hydrogen (secondary N) is 1. The summed E-state index contributed by atoms with van der Waals surface area (Å²) in [6.45, 7) is 12.3. The molecule has 0 saturated carbocycles. The van der Waals surface area contributed by atoms with Gasteiger partial charge in [-0.3, -0.25) is 9.58 Å². The minimum Gasteiger partial charge on any atom is -0.314 e. The van der Waals surface area contributed by atoms with Gasteiger partial charge in [-0.1, -0.05) is 6.92 Å². The van der Waals surface area contributed by atoms with Crippen LogP contribution in [0.3, 0.4) is 0 Å². The fraction of sp³-hybridized carbons (Fsp3) is 0.812. The van der Waals surface area contributed by atoms with Crippen molar-refractivity contribution in [2.45, 2.75) is 59.2 Å². The minimum absolute atomic E-state index is 0.635. The van der Waals surface area contributed by atoms with Crippen molar-refractivity contribution in [3.8, 4) is 0 Å². The molecule has 0 amide bonds. The van der Waals surface area contributed by atoms with Gasteiger partial charge in [-0.05, 0) is 52.1 Å². The maximum Gasteiger partial charge on any atom is 0.0534 e. The molecular weight excluding hydrogens is 248 g/mol. The molecule has 4 heteroatoms. The topological polar surface area (TPSA) is 33.1 Å². The van der Waals surface area contributed by atoms with Gasteiger partial charge < -0.3 is 5.32 Å². The summed E-state index contributed by atoms with van der Waals surface area (Å²) in [6, 6.07) is 0.635. The molecule has 0 spiro atoms. The summed E-state index contributed by atoms with van der Waals surface area (Å²) in [6.07, 6.45) is 8.11. The van der Waals surface area contributed by atoms with E-state index in [9.17, 15) is 0 Å². The van der Waals surface area contributed by atoms with Gasteiger partial charge in [0.25, 0.3) is 0 Å². The molecule has 1 fully saturated rings. The van der Waals surface area contributed by atoms with E-state index in [2.05, 4.69) is 42.3 Å². The van der Waals surface area contributed by atoms with Crippen LogP contribution in [0.5, 0.6) is 0 Å². The van der Waals surface area contributed by atoms with Crippen LogP contribution in [0.25, 0.3) is 0 Å². The van der Waals surface area contributed by atoms with Gasteiger partial charge in [-0.2, -0.15) is 5.10 Å². The molecule has 0 radical (unpaired) electrons. The third-order valence-electron chi connectivity index (χ3n) is 4.38. The van der Waals surface area contributed by atoms with Crippen molar-refractivity contribution in [3.63, 3.8) is 0 Å². The Morgan fingerprint density at radius 3 is 3.00 bits per heavy atom. The van der Waals surface area contributed by atoms with Crippen LogP contribution < -0.4 is 5.32 Å². The van der Waals surface area contributed by atoms with Crippen LogP contribution in [0.4, 0.5) is 0 Å². The van der Waals surface area contributed by atoms with Gasteiger partial charge >= 0.3 is 0 Å². The summed E-state index contributed by atoms with van der Waals surface area (Å²) >= 11 is 0. The van der Waals surface area contributed by atoms with E-state index in [4.69, 9.17) is 0 Å². The highest BCUT2D eigenvalue weighted by Gasteiger charge is 2.24. The molecule has 114 valence electrons. The monoisotopic (exact) mass is 278 g/mol. The second kappa shape index (κ2) is 7.79. The summed E-state index contributed by atoms with van der Waals surface area (Å²) in [4.78, 5) is 2.59. The van der Waals surface area contributed by atoms with Crippen molar-refractivity contribution >= 4 is 0 Å². The van der Waals surface area contributed by atoms with Gasteiger partial charge in [0.2, 0.25) is 0 Å².